The highest BCUT2D eigenvalue weighted by molar-refractivity contribution is 5.92. The summed E-state index contributed by atoms with van der Waals surface area (Å²) >= 11 is 0. The molecule has 8 nitrogen and oxygen atoms in total. The average molecular weight is 358 g/mol. The average Bonchev–Trinajstić information content (AvgIpc) is 3.28. The molecule has 2 aromatic heterocycles. The number of aromatic nitrogens is 4. The first-order chi connectivity index (χ1) is 12.6. The highest BCUT2D eigenvalue weighted by Crippen LogP contribution is 2.41. The Balaban J connectivity index is 1.25. The highest BCUT2D eigenvalue weighted by atomic mass is 16.5. The summed E-state index contributed by atoms with van der Waals surface area (Å²) < 4.78 is 9.55. The lowest BCUT2D eigenvalue weighted by Gasteiger charge is -2.50. The fourth-order valence-electron chi connectivity index (χ4n) is 4.22. The number of ether oxygens (including phenoxy) is 1. The minimum Gasteiger partial charge on any atom is -0.372 e. The van der Waals surface area contributed by atoms with Crippen LogP contribution in [0.2, 0.25) is 0 Å². The van der Waals surface area contributed by atoms with Gasteiger partial charge in [0, 0.05) is 64.8 Å². The van der Waals surface area contributed by atoms with Crippen molar-refractivity contribution < 1.29 is 9.53 Å². The second kappa shape index (κ2) is 6.85. The number of nitrogens with one attached hydrogen (secondary N) is 1. The largest absolute Gasteiger partial charge is 0.372 e. The quantitative estimate of drug-likeness (QED) is 0.817. The topological polar surface area (TPSA) is 77.2 Å². The molecule has 2 aliphatic heterocycles. The van der Waals surface area contributed by atoms with Crippen molar-refractivity contribution in [2.24, 2.45) is 20.0 Å². The molecule has 1 N–H and O–H groups in total. The van der Waals surface area contributed by atoms with E-state index in [2.05, 4.69) is 26.6 Å². The summed E-state index contributed by atoms with van der Waals surface area (Å²) in [7, 11) is 3.72. The molecule has 4 heterocycles. The molecule has 2 aliphatic rings. The molecule has 0 unspecified atom stereocenters. The molecule has 1 amide bonds. The van der Waals surface area contributed by atoms with E-state index in [4.69, 9.17) is 4.74 Å². The van der Waals surface area contributed by atoms with Gasteiger partial charge in [-0.05, 0) is 24.8 Å². The summed E-state index contributed by atoms with van der Waals surface area (Å²) in [5.41, 5.74) is 1.80. The second-order valence-corrected chi connectivity index (χ2v) is 7.45. The standard InChI is InChI=1S/C18H26N6O2/c1-22-10-14(9-21-22)11-24-12-18(13-24)15(5-8-26-18)3-6-19-17(25)16-4-7-20-23(16)2/h4,7,9-10,15H,3,5-6,8,11-13H2,1-2H3,(H,19,25)/t15-/m1/s1. The Kier molecular flexibility index (Phi) is 4.54. The molecular formula is C18H26N6O2. The Hall–Kier alpha value is -2.19. The minimum atomic E-state index is -0.0650. The third-order valence-corrected chi connectivity index (χ3v) is 5.58. The lowest BCUT2D eigenvalue weighted by Crippen LogP contribution is -2.64. The third kappa shape index (κ3) is 3.26. The molecular weight excluding hydrogens is 332 g/mol. The number of carbonyl (C=O) groups is 1. The van der Waals surface area contributed by atoms with E-state index in [9.17, 15) is 4.79 Å². The Morgan fingerprint density at radius 3 is 2.92 bits per heavy atom. The smallest absolute Gasteiger partial charge is 0.269 e. The first kappa shape index (κ1) is 17.2. The van der Waals surface area contributed by atoms with E-state index in [0.29, 0.717) is 18.2 Å². The molecule has 1 atom stereocenters. The van der Waals surface area contributed by atoms with Crippen molar-refractivity contribution in [1.29, 1.82) is 0 Å². The van der Waals surface area contributed by atoms with Crippen molar-refractivity contribution in [1.82, 2.24) is 29.8 Å². The van der Waals surface area contributed by atoms with Crippen molar-refractivity contribution in [2.45, 2.75) is 25.0 Å². The molecule has 2 aromatic rings. The van der Waals surface area contributed by atoms with Gasteiger partial charge in [-0.3, -0.25) is 19.1 Å². The summed E-state index contributed by atoms with van der Waals surface area (Å²) in [6, 6.07) is 1.73. The fraction of sp³-hybridized carbons (Fsp3) is 0.611. The maximum absolute atomic E-state index is 12.2. The molecule has 8 heteroatoms. The lowest BCUT2D eigenvalue weighted by atomic mass is 9.79. The second-order valence-electron chi connectivity index (χ2n) is 7.45. The molecule has 0 bridgehead atoms. The zero-order valence-electron chi connectivity index (χ0n) is 15.4. The number of nitrogens with zero attached hydrogens (tertiary/aromatic N) is 5. The summed E-state index contributed by atoms with van der Waals surface area (Å²) in [4.78, 5) is 14.6. The van der Waals surface area contributed by atoms with E-state index >= 15 is 0 Å². The number of hydrogen-bond acceptors (Lipinski definition) is 5. The number of aryl methyl sites for hydroxylation is 2. The van der Waals surface area contributed by atoms with Gasteiger partial charge in [0.25, 0.3) is 5.91 Å². The third-order valence-electron chi connectivity index (χ3n) is 5.58. The number of carbonyl (C=O) groups excluding carboxylic acids is 1. The van der Waals surface area contributed by atoms with Crippen LogP contribution in [0.4, 0.5) is 0 Å². The Morgan fingerprint density at radius 1 is 1.38 bits per heavy atom. The van der Waals surface area contributed by atoms with Crippen LogP contribution in [0.1, 0.15) is 28.9 Å². The van der Waals surface area contributed by atoms with E-state index in [1.54, 1.807) is 24.0 Å². The van der Waals surface area contributed by atoms with Crippen LogP contribution in [0.25, 0.3) is 0 Å². The molecule has 0 aliphatic carbocycles. The van der Waals surface area contributed by atoms with Crippen LogP contribution in [-0.2, 0) is 25.4 Å². The summed E-state index contributed by atoms with van der Waals surface area (Å²) in [6.45, 7) is 4.33. The first-order valence-electron chi connectivity index (χ1n) is 9.16. The molecule has 1 spiro atoms. The van der Waals surface area contributed by atoms with Gasteiger partial charge in [0.15, 0.2) is 0 Å². The van der Waals surface area contributed by atoms with E-state index in [1.807, 2.05) is 17.9 Å². The predicted octanol–water partition coefficient (Wildman–Crippen LogP) is 0.565. The summed E-state index contributed by atoms with van der Waals surface area (Å²) in [5, 5.41) is 11.3. The predicted molar refractivity (Wildman–Crippen MR) is 95.4 cm³/mol. The van der Waals surface area contributed by atoms with Gasteiger partial charge in [0.1, 0.15) is 5.69 Å². The Morgan fingerprint density at radius 2 is 2.23 bits per heavy atom. The van der Waals surface area contributed by atoms with E-state index < -0.39 is 0 Å². The molecule has 4 rings (SSSR count). The number of hydrogen-bond donors (Lipinski definition) is 1. The lowest BCUT2D eigenvalue weighted by molar-refractivity contribution is -0.136. The molecule has 140 valence electrons. The molecule has 0 radical (unpaired) electrons. The van der Waals surface area contributed by atoms with Crippen LogP contribution in [0.3, 0.4) is 0 Å². The molecule has 2 saturated heterocycles. The van der Waals surface area contributed by atoms with E-state index in [1.165, 1.54) is 5.56 Å². The zero-order chi connectivity index (χ0) is 18.1. The van der Waals surface area contributed by atoms with Crippen molar-refractivity contribution >= 4 is 5.91 Å². The van der Waals surface area contributed by atoms with Crippen LogP contribution in [0, 0.1) is 5.92 Å². The van der Waals surface area contributed by atoms with Crippen molar-refractivity contribution in [3.8, 4) is 0 Å². The monoisotopic (exact) mass is 358 g/mol. The SMILES string of the molecule is Cn1cc(CN2CC3(C2)OCC[C@H]3CCNC(=O)c2ccnn2C)cn1. The van der Waals surface area contributed by atoms with Crippen molar-refractivity contribution in [3.05, 3.63) is 35.9 Å². The highest BCUT2D eigenvalue weighted by Gasteiger charge is 2.52. The van der Waals surface area contributed by atoms with Gasteiger partial charge < -0.3 is 10.1 Å². The van der Waals surface area contributed by atoms with Crippen LogP contribution < -0.4 is 5.32 Å². The summed E-state index contributed by atoms with van der Waals surface area (Å²) in [6.07, 6.45) is 7.64. The first-order valence-corrected chi connectivity index (χ1v) is 9.16. The Bertz CT molecular complexity index is 776. The van der Waals surface area contributed by atoms with Gasteiger partial charge in [-0.1, -0.05) is 0 Å². The van der Waals surface area contributed by atoms with E-state index in [0.717, 1.165) is 39.1 Å². The van der Waals surface area contributed by atoms with E-state index in [-0.39, 0.29) is 11.5 Å². The zero-order valence-corrected chi connectivity index (χ0v) is 15.4. The van der Waals surface area contributed by atoms with Crippen LogP contribution in [0.5, 0.6) is 0 Å². The maximum atomic E-state index is 12.2. The number of rotatable bonds is 6. The van der Waals surface area contributed by atoms with Crippen molar-refractivity contribution in [2.75, 3.05) is 26.2 Å². The van der Waals surface area contributed by atoms with Gasteiger partial charge in [-0.25, -0.2) is 0 Å². The number of likely N-dealkylation sites (tertiary alicyclic amines) is 1. The maximum Gasteiger partial charge on any atom is 0.269 e. The van der Waals surface area contributed by atoms with Crippen molar-refractivity contribution in [3.63, 3.8) is 0 Å². The fourth-order valence-corrected chi connectivity index (χ4v) is 4.22. The normalized spacial score (nSPS) is 21.8. The summed E-state index contributed by atoms with van der Waals surface area (Å²) in [5.74, 6) is 0.435. The van der Waals surface area contributed by atoms with Crippen LogP contribution in [0.15, 0.2) is 24.7 Å². The van der Waals surface area contributed by atoms with Gasteiger partial charge >= 0.3 is 0 Å². The Labute approximate surface area is 153 Å². The van der Waals surface area contributed by atoms with Gasteiger partial charge in [0.05, 0.1) is 11.8 Å². The van der Waals surface area contributed by atoms with Crippen LogP contribution in [-0.4, -0.2) is 62.2 Å². The molecule has 0 aromatic carbocycles. The minimum absolute atomic E-state index is 0.0283. The van der Waals surface area contributed by atoms with Gasteiger partial charge in [-0.2, -0.15) is 10.2 Å². The van der Waals surface area contributed by atoms with Gasteiger partial charge in [-0.15, -0.1) is 0 Å². The van der Waals surface area contributed by atoms with Crippen LogP contribution >= 0.6 is 0 Å². The molecule has 2 fully saturated rings. The van der Waals surface area contributed by atoms with Gasteiger partial charge in [0.2, 0.25) is 0 Å². The molecule has 0 saturated carbocycles. The number of amides is 1. The molecule has 26 heavy (non-hydrogen) atoms.